The van der Waals surface area contributed by atoms with Gasteiger partial charge in [0.15, 0.2) is 0 Å². The van der Waals surface area contributed by atoms with Gasteiger partial charge in [0.25, 0.3) is 0 Å². The summed E-state index contributed by atoms with van der Waals surface area (Å²) in [4.78, 5) is 10.9. The summed E-state index contributed by atoms with van der Waals surface area (Å²) in [5.41, 5.74) is 0.402. The van der Waals surface area contributed by atoms with Crippen molar-refractivity contribution in [2.24, 2.45) is 0 Å². The molecule has 0 aromatic rings. The van der Waals surface area contributed by atoms with Crippen LogP contribution in [-0.2, 0) is 14.3 Å². The monoisotopic (exact) mass is 236 g/mol. The number of carbonyl (C=O) groups excluding carboxylic acids is 1. The Morgan fingerprint density at radius 1 is 1.67 bits per heavy atom. The average Bonchev–Trinajstić information content (AvgIpc) is 2.05. The Morgan fingerprint density at radius 2 is 2.25 bits per heavy atom. The fourth-order valence-electron chi connectivity index (χ4n) is 0.467. The van der Waals surface area contributed by atoms with Crippen molar-refractivity contribution in [2.75, 3.05) is 19.0 Å². The van der Waals surface area contributed by atoms with Gasteiger partial charge in [-0.1, -0.05) is 22.5 Å². The Balaban J connectivity index is 3.66. The molecule has 0 radical (unpaired) electrons. The van der Waals surface area contributed by atoms with Gasteiger partial charge in [-0.3, -0.25) is 0 Å². The van der Waals surface area contributed by atoms with Gasteiger partial charge in [-0.05, 0) is 6.92 Å². The quantitative estimate of drug-likeness (QED) is 0.413. The maximum Gasteiger partial charge on any atom is 0.333 e. The van der Waals surface area contributed by atoms with Crippen molar-refractivity contribution >= 4 is 21.9 Å². The second kappa shape index (κ2) is 6.20. The maximum absolute atomic E-state index is 10.9. The van der Waals surface area contributed by atoms with E-state index in [0.717, 1.165) is 0 Å². The van der Waals surface area contributed by atoms with Crippen LogP contribution < -0.4 is 0 Å². The number of halogens is 1. The predicted octanol–water partition coefficient (Wildman–Crippen LogP) is 1.52. The number of alkyl halides is 1. The van der Waals surface area contributed by atoms with Crippen molar-refractivity contribution in [2.45, 2.75) is 13.0 Å². The lowest BCUT2D eigenvalue weighted by molar-refractivity contribution is -0.141. The van der Waals surface area contributed by atoms with E-state index in [-0.39, 0.29) is 18.7 Å². The number of hydrogen-bond acceptors (Lipinski definition) is 3. The molecule has 1 unspecified atom stereocenters. The molecule has 0 aliphatic heterocycles. The zero-order valence-electron chi connectivity index (χ0n) is 7.30. The molecule has 70 valence electrons. The minimum Gasteiger partial charge on any atom is -0.460 e. The van der Waals surface area contributed by atoms with E-state index in [2.05, 4.69) is 22.5 Å². The van der Waals surface area contributed by atoms with Crippen molar-refractivity contribution < 1.29 is 14.3 Å². The first-order chi connectivity index (χ1) is 5.61. The van der Waals surface area contributed by atoms with E-state index >= 15 is 0 Å². The van der Waals surface area contributed by atoms with E-state index in [1.807, 2.05) is 0 Å². The van der Waals surface area contributed by atoms with Crippen LogP contribution in [0.5, 0.6) is 0 Å². The molecule has 3 nitrogen and oxygen atoms in total. The number of esters is 1. The molecule has 0 amide bonds. The number of hydrogen-bond donors (Lipinski definition) is 0. The van der Waals surface area contributed by atoms with Crippen LogP contribution >= 0.6 is 15.9 Å². The lowest BCUT2D eigenvalue weighted by Crippen LogP contribution is -2.22. The molecule has 0 bridgehead atoms. The first-order valence-corrected chi connectivity index (χ1v) is 4.65. The fourth-order valence-corrected chi connectivity index (χ4v) is 0.919. The third kappa shape index (κ3) is 4.51. The molecule has 0 heterocycles. The maximum atomic E-state index is 10.9. The number of methoxy groups -OCH3 is 1. The Labute approximate surface area is 80.9 Å². The molecule has 12 heavy (non-hydrogen) atoms. The van der Waals surface area contributed by atoms with Crippen LogP contribution in [0.15, 0.2) is 12.2 Å². The third-order valence-electron chi connectivity index (χ3n) is 1.25. The van der Waals surface area contributed by atoms with Gasteiger partial charge in [0.1, 0.15) is 12.7 Å². The summed E-state index contributed by atoms with van der Waals surface area (Å²) >= 11 is 3.22. The molecule has 4 heteroatoms. The highest BCUT2D eigenvalue weighted by Gasteiger charge is 2.09. The van der Waals surface area contributed by atoms with Crippen LogP contribution in [0.2, 0.25) is 0 Å². The molecular formula is C8H13BrO3. The Hall–Kier alpha value is -0.350. The molecule has 0 spiro atoms. The van der Waals surface area contributed by atoms with Crippen LogP contribution in [0.3, 0.4) is 0 Å². The van der Waals surface area contributed by atoms with Crippen LogP contribution in [0.4, 0.5) is 0 Å². The Kier molecular flexibility index (Phi) is 6.02. The summed E-state index contributed by atoms with van der Waals surface area (Å²) in [6, 6.07) is 0. The van der Waals surface area contributed by atoms with Gasteiger partial charge in [-0.25, -0.2) is 4.79 Å². The van der Waals surface area contributed by atoms with Crippen LogP contribution in [0, 0.1) is 0 Å². The Morgan fingerprint density at radius 3 is 2.58 bits per heavy atom. The van der Waals surface area contributed by atoms with E-state index in [1.165, 1.54) is 0 Å². The second-order valence-electron chi connectivity index (χ2n) is 2.39. The number of rotatable bonds is 5. The summed E-state index contributed by atoms with van der Waals surface area (Å²) in [6.45, 7) is 5.32. The Bertz CT molecular complexity index is 164. The molecule has 0 aromatic heterocycles. The number of ether oxygens (including phenoxy) is 2. The highest BCUT2D eigenvalue weighted by Crippen LogP contribution is 1.99. The zero-order valence-corrected chi connectivity index (χ0v) is 8.89. The minimum absolute atomic E-state index is 0.0895. The van der Waals surface area contributed by atoms with E-state index in [4.69, 9.17) is 9.47 Å². The van der Waals surface area contributed by atoms with Gasteiger partial charge < -0.3 is 9.47 Å². The molecule has 0 N–H and O–H groups in total. The largest absolute Gasteiger partial charge is 0.460 e. The highest BCUT2D eigenvalue weighted by atomic mass is 79.9. The van der Waals surface area contributed by atoms with E-state index in [9.17, 15) is 4.79 Å². The van der Waals surface area contributed by atoms with Gasteiger partial charge in [0.2, 0.25) is 0 Å². The number of carbonyl (C=O) groups is 1. The topological polar surface area (TPSA) is 35.5 Å². The smallest absolute Gasteiger partial charge is 0.333 e. The van der Waals surface area contributed by atoms with Gasteiger partial charge in [-0.15, -0.1) is 0 Å². The van der Waals surface area contributed by atoms with Crippen LogP contribution in [0.25, 0.3) is 0 Å². The van der Waals surface area contributed by atoms with E-state index in [0.29, 0.717) is 10.9 Å². The molecule has 0 fully saturated rings. The summed E-state index contributed by atoms with van der Waals surface area (Å²) < 4.78 is 9.83. The molecular weight excluding hydrogens is 224 g/mol. The summed E-state index contributed by atoms with van der Waals surface area (Å²) in [5.74, 6) is -0.377. The molecule has 1 atom stereocenters. The van der Waals surface area contributed by atoms with Gasteiger partial charge in [0.05, 0.1) is 0 Å². The van der Waals surface area contributed by atoms with Gasteiger partial charge in [-0.2, -0.15) is 0 Å². The van der Waals surface area contributed by atoms with Crippen molar-refractivity contribution in [1.82, 2.24) is 0 Å². The first kappa shape index (κ1) is 11.6. The standard InChI is InChI=1S/C8H13BrO3/c1-6(2)8(10)12-5-7(4-9)11-3/h7H,1,4-5H2,2-3H3. The molecule has 0 rings (SSSR count). The summed E-state index contributed by atoms with van der Waals surface area (Å²) in [5, 5.41) is 0.646. The summed E-state index contributed by atoms with van der Waals surface area (Å²) in [7, 11) is 1.57. The third-order valence-corrected chi connectivity index (χ3v) is 1.98. The molecule has 0 saturated heterocycles. The SMILES string of the molecule is C=C(C)C(=O)OCC(CBr)OC. The molecule has 0 saturated carbocycles. The van der Waals surface area contributed by atoms with Crippen molar-refractivity contribution in [3.8, 4) is 0 Å². The van der Waals surface area contributed by atoms with Crippen molar-refractivity contribution in [3.63, 3.8) is 0 Å². The lowest BCUT2D eigenvalue weighted by Gasteiger charge is -2.11. The van der Waals surface area contributed by atoms with Crippen LogP contribution in [-0.4, -0.2) is 31.1 Å². The second-order valence-corrected chi connectivity index (χ2v) is 3.04. The van der Waals surface area contributed by atoms with Crippen molar-refractivity contribution in [1.29, 1.82) is 0 Å². The summed E-state index contributed by atoms with van der Waals surface area (Å²) in [6.07, 6.45) is -0.0895. The van der Waals surface area contributed by atoms with Crippen LogP contribution in [0.1, 0.15) is 6.92 Å². The predicted molar refractivity (Wildman–Crippen MR) is 50.4 cm³/mol. The first-order valence-electron chi connectivity index (χ1n) is 3.53. The highest BCUT2D eigenvalue weighted by molar-refractivity contribution is 9.09. The van der Waals surface area contributed by atoms with Crippen molar-refractivity contribution in [3.05, 3.63) is 12.2 Å². The normalized spacial score (nSPS) is 12.2. The minimum atomic E-state index is -0.377. The zero-order chi connectivity index (χ0) is 9.56. The molecule has 0 aliphatic rings. The average molecular weight is 237 g/mol. The van der Waals surface area contributed by atoms with E-state index in [1.54, 1.807) is 14.0 Å². The fraction of sp³-hybridized carbons (Fsp3) is 0.625. The molecule has 0 aliphatic carbocycles. The van der Waals surface area contributed by atoms with E-state index < -0.39 is 0 Å². The lowest BCUT2D eigenvalue weighted by atomic mass is 10.3. The van der Waals surface area contributed by atoms with Gasteiger partial charge in [0, 0.05) is 18.0 Å². The van der Waals surface area contributed by atoms with Gasteiger partial charge >= 0.3 is 5.97 Å². The molecule has 0 aromatic carbocycles.